The van der Waals surface area contributed by atoms with Crippen molar-refractivity contribution in [2.75, 3.05) is 0 Å². The van der Waals surface area contributed by atoms with Gasteiger partial charge in [0.05, 0.1) is 0 Å². The van der Waals surface area contributed by atoms with E-state index in [-0.39, 0.29) is 0 Å². The highest BCUT2D eigenvalue weighted by molar-refractivity contribution is 5.80. The first-order chi connectivity index (χ1) is 7.72. The Morgan fingerprint density at radius 2 is 2.31 bits per heavy atom. The van der Waals surface area contributed by atoms with E-state index in [9.17, 15) is 0 Å². The van der Waals surface area contributed by atoms with Crippen molar-refractivity contribution >= 4 is 5.84 Å². The molecule has 0 aromatic carbocycles. The third kappa shape index (κ3) is 2.48. The van der Waals surface area contributed by atoms with Gasteiger partial charge < -0.3 is 16.3 Å². The van der Waals surface area contributed by atoms with Crippen LogP contribution in [-0.4, -0.2) is 23.1 Å². The summed E-state index contributed by atoms with van der Waals surface area (Å²) >= 11 is 0. The van der Waals surface area contributed by atoms with Gasteiger partial charge in [-0.1, -0.05) is 18.5 Å². The number of fused-ring (bicyclic) bond motifs is 2. The monoisotopic (exact) mass is 225 g/mol. The summed E-state index contributed by atoms with van der Waals surface area (Å²) < 4.78 is 0. The van der Waals surface area contributed by atoms with Crippen molar-refractivity contribution in [1.29, 1.82) is 0 Å². The Balaban J connectivity index is 1.82. The molecule has 4 N–H and O–H groups in total. The molecule has 16 heavy (non-hydrogen) atoms. The van der Waals surface area contributed by atoms with Crippen molar-refractivity contribution in [3.63, 3.8) is 0 Å². The number of hydrogen-bond donors (Lipinski definition) is 3. The Hall–Kier alpha value is -0.770. The lowest BCUT2D eigenvalue weighted by molar-refractivity contribution is 0.304. The third-order valence-electron chi connectivity index (χ3n) is 4.26. The van der Waals surface area contributed by atoms with Crippen LogP contribution in [0.15, 0.2) is 5.16 Å². The Bertz CT molecular complexity index is 267. The molecule has 4 atom stereocenters. The van der Waals surface area contributed by atoms with E-state index in [1.165, 1.54) is 25.7 Å². The normalized spacial score (nSPS) is 35.6. The maximum absolute atomic E-state index is 8.58. The Labute approximate surface area is 97.3 Å². The summed E-state index contributed by atoms with van der Waals surface area (Å²) in [6.45, 7) is 2.15. The quantitative estimate of drug-likeness (QED) is 0.288. The topological polar surface area (TPSA) is 70.6 Å². The van der Waals surface area contributed by atoms with Crippen molar-refractivity contribution < 1.29 is 5.21 Å². The Morgan fingerprint density at radius 3 is 2.81 bits per heavy atom. The van der Waals surface area contributed by atoms with E-state index < -0.39 is 0 Å². The molecule has 2 bridgehead atoms. The van der Waals surface area contributed by atoms with Gasteiger partial charge in [0.25, 0.3) is 0 Å². The van der Waals surface area contributed by atoms with E-state index in [0.29, 0.717) is 24.3 Å². The molecule has 2 aliphatic rings. The fourth-order valence-electron chi connectivity index (χ4n) is 3.37. The van der Waals surface area contributed by atoms with Crippen LogP contribution in [0.1, 0.15) is 45.4 Å². The predicted molar refractivity (Wildman–Crippen MR) is 64.5 cm³/mol. The van der Waals surface area contributed by atoms with E-state index in [1.54, 1.807) is 0 Å². The fourth-order valence-corrected chi connectivity index (χ4v) is 3.37. The minimum atomic E-state index is 0.336. The summed E-state index contributed by atoms with van der Waals surface area (Å²) in [7, 11) is 0. The smallest absolute Gasteiger partial charge is 0.140 e. The highest BCUT2D eigenvalue weighted by Gasteiger charge is 2.39. The summed E-state index contributed by atoms with van der Waals surface area (Å²) in [4.78, 5) is 0. The first-order valence-corrected chi connectivity index (χ1v) is 6.45. The standard InChI is InChI=1S/C12H23N3O/c1-2-10(7-12(13)15-16)14-11-6-8-3-4-9(11)5-8/h8-11,14,16H,2-7H2,1H3,(H2,13,15). The van der Waals surface area contributed by atoms with E-state index in [4.69, 9.17) is 10.9 Å². The van der Waals surface area contributed by atoms with Crippen LogP contribution in [0.2, 0.25) is 0 Å². The molecule has 0 heterocycles. The van der Waals surface area contributed by atoms with Crippen LogP contribution < -0.4 is 11.1 Å². The van der Waals surface area contributed by atoms with Gasteiger partial charge in [-0.2, -0.15) is 0 Å². The van der Waals surface area contributed by atoms with Crippen molar-refractivity contribution in [2.24, 2.45) is 22.7 Å². The average Bonchev–Trinajstić information content (AvgIpc) is 2.89. The zero-order valence-corrected chi connectivity index (χ0v) is 10.0. The van der Waals surface area contributed by atoms with Gasteiger partial charge in [0.1, 0.15) is 5.84 Å². The summed E-state index contributed by atoms with van der Waals surface area (Å²) in [6.07, 6.45) is 7.25. The van der Waals surface area contributed by atoms with Crippen LogP contribution >= 0.6 is 0 Å². The molecule has 4 unspecified atom stereocenters. The molecule has 2 fully saturated rings. The van der Waals surface area contributed by atoms with Crippen molar-refractivity contribution in [3.8, 4) is 0 Å². The highest BCUT2D eigenvalue weighted by atomic mass is 16.4. The highest BCUT2D eigenvalue weighted by Crippen LogP contribution is 2.44. The van der Waals surface area contributed by atoms with E-state index in [2.05, 4.69) is 17.4 Å². The van der Waals surface area contributed by atoms with Gasteiger partial charge in [-0.15, -0.1) is 0 Å². The van der Waals surface area contributed by atoms with Gasteiger partial charge in [0, 0.05) is 18.5 Å². The van der Waals surface area contributed by atoms with Crippen molar-refractivity contribution in [3.05, 3.63) is 0 Å². The van der Waals surface area contributed by atoms with Crippen molar-refractivity contribution in [2.45, 2.75) is 57.5 Å². The van der Waals surface area contributed by atoms with Crippen LogP contribution in [0, 0.1) is 11.8 Å². The molecular formula is C12H23N3O. The van der Waals surface area contributed by atoms with Crippen LogP contribution in [0.5, 0.6) is 0 Å². The summed E-state index contributed by atoms with van der Waals surface area (Å²) in [5.41, 5.74) is 5.56. The third-order valence-corrected chi connectivity index (χ3v) is 4.26. The lowest BCUT2D eigenvalue weighted by Crippen LogP contribution is -2.43. The minimum Gasteiger partial charge on any atom is -0.409 e. The number of nitrogens with one attached hydrogen (secondary N) is 1. The number of hydrogen-bond acceptors (Lipinski definition) is 3. The molecule has 0 spiro atoms. The Kier molecular flexibility index (Phi) is 3.69. The molecule has 2 rings (SSSR count). The molecule has 0 aliphatic heterocycles. The SMILES string of the molecule is CCC(CC(N)=NO)NC1CC2CCC1C2. The number of nitrogens with zero attached hydrogens (tertiary/aromatic N) is 1. The lowest BCUT2D eigenvalue weighted by atomic mass is 9.94. The molecule has 4 nitrogen and oxygen atoms in total. The fraction of sp³-hybridized carbons (Fsp3) is 0.917. The largest absolute Gasteiger partial charge is 0.409 e. The second-order valence-corrected chi connectivity index (χ2v) is 5.35. The van der Waals surface area contributed by atoms with Gasteiger partial charge in [0.15, 0.2) is 0 Å². The van der Waals surface area contributed by atoms with Crippen LogP contribution in [-0.2, 0) is 0 Å². The maximum atomic E-state index is 8.58. The molecule has 0 amide bonds. The molecule has 0 radical (unpaired) electrons. The van der Waals surface area contributed by atoms with Crippen molar-refractivity contribution in [1.82, 2.24) is 5.32 Å². The summed E-state index contributed by atoms with van der Waals surface area (Å²) in [5, 5.41) is 15.3. The molecule has 92 valence electrons. The van der Waals surface area contributed by atoms with E-state index >= 15 is 0 Å². The number of amidine groups is 1. The van der Waals surface area contributed by atoms with Crippen LogP contribution in [0.25, 0.3) is 0 Å². The lowest BCUT2D eigenvalue weighted by Gasteiger charge is -2.28. The van der Waals surface area contributed by atoms with E-state index in [0.717, 1.165) is 18.3 Å². The molecule has 4 heteroatoms. The zero-order chi connectivity index (χ0) is 11.5. The second-order valence-electron chi connectivity index (χ2n) is 5.35. The van der Waals surface area contributed by atoms with Crippen LogP contribution in [0.4, 0.5) is 0 Å². The van der Waals surface area contributed by atoms with Crippen LogP contribution in [0.3, 0.4) is 0 Å². The number of rotatable bonds is 5. The summed E-state index contributed by atoms with van der Waals surface area (Å²) in [6, 6.07) is 1.04. The Morgan fingerprint density at radius 1 is 1.50 bits per heavy atom. The van der Waals surface area contributed by atoms with Gasteiger partial charge in [-0.3, -0.25) is 0 Å². The van der Waals surface area contributed by atoms with Gasteiger partial charge in [0.2, 0.25) is 0 Å². The number of oxime groups is 1. The minimum absolute atomic E-state index is 0.336. The first-order valence-electron chi connectivity index (χ1n) is 6.45. The molecule has 0 saturated heterocycles. The predicted octanol–water partition coefficient (Wildman–Crippen LogP) is 1.68. The molecule has 0 aromatic rings. The second kappa shape index (κ2) is 5.04. The summed E-state index contributed by atoms with van der Waals surface area (Å²) in [5.74, 6) is 2.18. The van der Waals surface area contributed by atoms with Gasteiger partial charge >= 0.3 is 0 Å². The maximum Gasteiger partial charge on any atom is 0.140 e. The first kappa shape index (κ1) is 11.7. The van der Waals surface area contributed by atoms with Gasteiger partial charge in [-0.05, 0) is 37.5 Å². The average molecular weight is 225 g/mol. The number of nitrogens with two attached hydrogens (primary N) is 1. The molecule has 0 aromatic heterocycles. The molecular weight excluding hydrogens is 202 g/mol. The molecule has 2 aliphatic carbocycles. The van der Waals surface area contributed by atoms with E-state index in [1.807, 2.05) is 0 Å². The zero-order valence-electron chi connectivity index (χ0n) is 10.0. The van der Waals surface area contributed by atoms with Gasteiger partial charge in [-0.25, -0.2) is 0 Å². The molecule has 2 saturated carbocycles.